The third-order valence-electron chi connectivity index (χ3n) is 3.93. The van der Waals surface area contributed by atoms with Crippen molar-refractivity contribution in [1.29, 1.82) is 0 Å². The van der Waals surface area contributed by atoms with Gasteiger partial charge in [-0.1, -0.05) is 0 Å². The normalized spacial score (nSPS) is 11.3. The number of benzene rings is 1. The van der Waals surface area contributed by atoms with Gasteiger partial charge in [-0.05, 0) is 63.3 Å². The molecule has 2 heterocycles. The van der Waals surface area contributed by atoms with E-state index in [4.69, 9.17) is 17.0 Å². The van der Waals surface area contributed by atoms with E-state index < -0.39 is 0 Å². The minimum absolute atomic E-state index is 0.479. The maximum atomic E-state index is 5.22. The molecule has 1 N–H and O–H groups in total. The smallest absolute Gasteiger partial charge is 0.216 e. The molecular formula is C17H19N5OS. The highest BCUT2D eigenvalue weighted by Crippen LogP contribution is 2.22. The zero-order valence-corrected chi connectivity index (χ0v) is 14.9. The first-order chi connectivity index (χ1) is 11.5. The zero-order chi connectivity index (χ0) is 17.3. The average molecular weight is 341 g/mol. The second-order valence-electron chi connectivity index (χ2n) is 5.49. The van der Waals surface area contributed by atoms with E-state index in [1.807, 2.05) is 31.2 Å². The predicted molar refractivity (Wildman–Crippen MR) is 96.9 cm³/mol. The first kappa shape index (κ1) is 16.2. The summed E-state index contributed by atoms with van der Waals surface area (Å²) in [5.74, 6) is 1.56. The molecule has 1 aromatic carbocycles. The predicted octanol–water partition coefficient (Wildman–Crippen LogP) is 3.55. The number of aromatic amines is 1. The molecule has 124 valence electrons. The fraction of sp³-hybridized carbons (Fsp3) is 0.235. The maximum Gasteiger partial charge on any atom is 0.216 e. The van der Waals surface area contributed by atoms with Gasteiger partial charge >= 0.3 is 0 Å². The third-order valence-corrected chi connectivity index (χ3v) is 4.19. The fourth-order valence-electron chi connectivity index (χ4n) is 2.67. The molecule has 0 spiro atoms. The van der Waals surface area contributed by atoms with Crippen LogP contribution in [0.5, 0.6) is 5.75 Å². The van der Waals surface area contributed by atoms with E-state index in [0.29, 0.717) is 4.77 Å². The van der Waals surface area contributed by atoms with Crippen molar-refractivity contribution in [1.82, 2.24) is 19.4 Å². The lowest BCUT2D eigenvalue weighted by molar-refractivity contribution is 0.414. The number of methoxy groups -OCH3 is 1. The number of H-pyrrole nitrogens is 1. The Kier molecular flexibility index (Phi) is 4.35. The Labute approximate surface area is 145 Å². The number of aryl methyl sites for hydroxylation is 2. The standard InChI is InChI=1S/C17H19N5OS/c1-11-9-14(10-18-22-13(3)19-20-17(22)24)12(2)21(11)15-5-7-16(23-4)8-6-15/h5-10H,1-4H3,(H,20,24)/b18-10-. The van der Waals surface area contributed by atoms with Crippen molar-refractivity contribution in [2.75, 3.05) is 7.11 Å². The molecule has 0 amide bonds. The van der Waals surface area contributed by atoms with E-state index in [9.17, 15) is 0 Å². The fourth-order valence-corrected chi connectivity index (χ4v) is 2.90. The highest BCUT2D eigenvalue weighted by Gasteiger charge is 2.10. The molecule has 0 aliphatic rings. The molecule has 0 radical (unpaired) electrons. The number of rotatable bonds is 4. The van der Waals surface area contributed by atoms with Crippen molar-refractivity contribution in [3.8, 4) is 11.4 Å². The Morgan fingerprint density at radius 2 is 1.92 bits per heavy atom. The van der Waals surface area contributed by atoms with Crippen LogP contribution in [-0.4, -0.2) is 32.8 Å². The number of nitrogens with one attached hydrogen (secondary N) is 1. The summed E-state index contributed by atoms with van der Waals surface area (Å²) < 4.78 is 9.49. The van der Waals surface area contributed by atoms with E-state index in [2.05, 4.69) is 39.8 Å². The van der Waals surface area contributed by atoms with Crippen LogP contribution in [0.4, 0.5) is 0 Å². The highest BCUT2D eigenvalue weighted by molar-refractivity contribution is 7.71. The van der Waals surface area contributed by atoms with Crippen molar-refractivity contribution in [2.45, 2.75) is 20.8 Å². The van der Waals surface area contributed by atoms with Gasteiger partial charge in [-0.3, -0.25) is 5.10 Å². The van der Waals surface area contributed by atoms with Crippen molar-refractivity contribution in [2.24, 2.45) is 5.10 Å². The van der Waals surface area contributed by atoms with Crippen molar-refractivity contribution < 1.29 is 4.74 Å². The summed E-state index contributed by atoms with van der Waals surface area (Å²) in [6.45, 7) is 5.99. The largest absolute Gasteiger partial charge is 0.497 e. The Morgan fingerprint density at radius 3 is 2.50 bits per heavy atom. The Bertz CT molecular complexity index is 947. The molecule has 0 bridgehead atoms. The van der Waals surface area contributed by atoms with Crippen LogP contribution in [0.3, 0.4) is 0 Å². The van der Waals surface area contributed by atoms with Crippen LogP contribution in [-0.2, 0) is 0 Å². The van der Waals surface area contributed by atoms with Gasteiger partial charge in [-0.2, -0.15) is 14.9 Å². The SMILES string of the molecule is COc1ccc(-n2c(C)cc(/C=N\n3c(C)n[nH]c3=S)c2C)cc1. The molecular weight excluding hydrogens is 322 g/mol. The number of nitrogens with zero attached hydrogens (tertiary/aromatic N) is 4. The summed E-state index contributed by atoms with van der Waals surface area (Å²) in [5, 5.41) is 11.2. The summed E-state index contributed by atoms with van der Waals surface area (Å²) in [5.41, 5.74) is 4.35. The van der Waals surface area contributed by atoms with Gasteiger partial charge in [-0.25, -0.2) is 0 Å². The molecule has 6 nitrogen and oxygen atoms in total. The zero-order valence-electron chi connectivity index (χ0n) is 14.1. The molecule has 0 aliphatic carbocycles. The summed E-state index contributed by atoms with van der Waals surface area (Å²) in [4.78, 5) is 0. The minimum atomic E-state index is 0.479. The van der Waals surface area contributed by atoms with Crippen LogP contribution in [0.25, 0.3) is 5.69 Å². The van der Waals surface area contributed by atoms with E-state index in [0.717, 1.165) is 34.2 Å². The van der Waals surface area contributed by atoms with Crippen molar-refractivity contribution in [3.05, 3.63) is 57.9 Å². The lowest BCUT2D eigenvalue weighted by Crippen LogP contribution is -2.00. The van der Waals surface area contributed by atoms with Gasteiger partial charge < -0.3 is 9.30 Å². The lowest BCUT2D eigenvalue weighted by Gasteiger charge is -2.10. The van der Waals surface area contributed by atoms with E-state index in [1.165, 1.54) is 0 Å². The number of hydrogen-bond acceptors (Lipinski definition) is 4. The van der Waals surface area contributed by atoms with E-state index >= 15 is 0 Å². The monoisotopic (exact) mass is 341 g/mol. The molecule has 0 unspecified atom stereocenters. The lowest BCUT2D eigenvalue weighted by atomic mass is 10.2. The Balaban J connectivity index is 1.98. The van der Waals surface area contributed by atoms with Gasteiger partial charge in [0, 0.05) is 22.6 Å². The molecule has 0 saturated carbocycles. The average Bonchev–Trinajstić information content (AvgIpc) is 3.05. The second-order valence-corrected chi connectivity index (χ2v) is 5.88. The van der Waals surface area contributed by atoms with Crippen LogP contribution in [0.15, 0.2) is 35.4 Å². The first-order valence-corrected chi connectivity index (χ1v) is 7.94. The van der Waals surface area contributed by atoms with Crippen LogP contribution in [0.2, 0.25) is 0 Å². The van der Waals surface area contributed by atoms with Crippen LogP contribution in [0, 0.1) is 25.5 Å². The van der Waals surface area contributed by atoms with E-state index in [1.54, 1.807) is 18.0 Å². The van der Waals surface area contributed by atoms with E-state index in [-0.39, 0.29) is 0 Å². The second kappa shape index (κ2) is 6.45. The quantitative estimate of drug-likeness (QED) is 0.583. The minimum Gasteiger partial charge on any atom is -0.497 e. The third kappa shape index (κ3) is 2.90. The van der Waals surface area contributed by atoms with Crippen LogP contribution in [0.1, 0.15) is 22.8 Å². The Hall–Kier alpha value is -2.67. The number of ether oxygens (including phenoxy) is 1. The van der Waals surface area contributed by atoms with Gasteiger partial charge in [0.15, 0.2) is 0 Å². The maximum absolute atomic E-state index is 5.22. The summed E-state index contributed by atoms with van der Waals surface area (Å²) in [6, 6.07) is 10.1. The molecule has 2 aromatic heterocycles. The number of hydrogen-bond donors (Lipinski definition) is 1. The summed E-state index contributed by atoms with van der Waals surface area (Å²) >= 11 is 5.17. The molecule has 0 saturated heterocycles. The summed E-state index contributed by atoms with van der Waals surface area (Å²) in [7, 11) is 1.67. The topological polar surface area (TPSA) is 60.1 Å². The molecule has 0 aliphatic heterocycles. The first-order valence-electron chi connectivity index (χ1n) is 7.53. The molecule has 24 heavy (non-hydrogen) atoms. The highest BCUT2D eigenvalue weighted by atomic mass is 32.1. The Morgan fingerprint density at radius 1 is 1.21 bits per heavy atom. The van der Waals surface area contributed by atoms with Gasteiger partial charge in [-0.15, -0.1) is 0 Å². The molecule has 3 aromatic rings. The molecule has 0 fully saturated rings. The van der Waals surface area contributed by atoms with Crippen molar-refractivity contribution in [3.63, 3.8) is 0 Å². The van der Waals surface area contributed by atoms with Gasteiger partial charge in [0.1, 0.15) is 11.6 Å². The van der Waals surface area contributed by atoms with Gasteiger partial charge in [0.2, 0.25) is 4.77 Å². The summed E-state index contributed by atoms with van der Waals surface area (Å²) in [6.07, 6.45) is 1.81. The molecule has 0 atom stereocenters. The van der Waals surface area contributed by atoms with Crippen LogP contribution < -0.4 is 4.74 Å². The molecule has 3 rings (SSSR count). The van der Waals surface area contributed by atoms with Gasteiger partial charge in [0.25, 0.3) is 0 Å². The molecule has 7 heteroatoms. The van der Waals surface area contributed by atoms with Gasteiger partial charge in [0.05, 0.1) is 13.3 Å². The van der Waals surface area contributed by atoms with Crippen LogP contribution >= 0.6 is 12.2 Å². The number of aromatic nitrogens is 4. The van der Waals surface area contributed by atoms with Crippen molar-refractivity contribution >= 4 is 18.4 Å².